The van der Waals surface area contributed by atoms with Crippen LogP contribution < -0.4 is 4.74 Å². The van der Waals surface area contributed by atoms with Crippen LogP contribution >= 0.6 is 0 Å². The van der Waals surface area contributed by atoms with E-state index in [0.717, 1.165) is 12.8 Å². The predicted octanol–water partition coefficient (Wildman–Crippen LogP) is 6.92. The standard InChI is InChI=1S/C26H34O4/c1-2-3-4-5-6-7-8-9-10-14-19-30-22-17-18-23(24(20-22)26(28)29)25(27)21-15-12-11-13-16-21/h11-13,15-18,20H,2-10,14,19H2,1H3,(H,28,29). The molecule has 0 atom stereocenters. The van der Waals surface area contributed by atoms with E-state index >= 15 is 0 Å². The molecule has 0 bridgehead atoms. The van der Waals surface area contributed by atoms with Gasteiger partial charge in [-0.05, 0) is 24.6 Å². The first-order valence-electron chi connectivity index (χ1n) is 11.2. The quantitative estimate of drug-likeness (QED) is 0.256. The van der Waals surface area contributed by atoms with Gasteiger partial charge >= 0.3 is 5.97 Å². The van der Waals surface area contributed by atoms with Crippen LogP contribution in [-0.4, -0.2) is 23.5 Å². The highest BCUT2D eigenvalue weighted by molar-refractivity contribution is 6.14. The number of carboxylic acid groups (broad SMARTS) is 1. The van der Waals surface area contributed by atoms with Crippen molar-refractivity contribution in [2.24, 2.45) is 0 Å². The minimum Gasteiger partial charge on any atom is -0.494 e. The maximum atomic E-state index is 12.6. The molecule has 30 heavy (non-hydrogen) atoms. The van der Waals surface area contributed by atoms with Gasteiger partial charge in [0.15, 0.2) is 5.78 Å². The average Bonchev–Trinajstić information content (AvgIpc) is 2.77. The van der Waals surface area contributed by atoms with E-state index in [0.29, 0.717) is 17.9 Å². The van der Waals surface area contributed by atoms with E-state index in [9.17, 15) is 14.7 Å². The Morgan fingerprint density at radius 3 is 1.97 bits per heavy atom. The lowest BCUT2D eigenvalue weighted by molar-refractivity contribution is 0.0692. The monoisotopic (exact) mass is 410 g/mol. The van der Waals surface area contributed by atoms with Gasteiger partial charge in [-0.2, -0.15) is 0 Å². The molecule has 4 heteroatoms. The molecule has 4 nitrogen and oxygen atoms in total. The van der Waals surface area contributed by atoms with Gasteiger partial charge in [0.2, 0.25) is 0 Å². The van der Waals surface area contributed by atoms with E-state index in [1.54, 1.807) is 36.4 Å². The molecule has 0 spiro atoms. The summed E-state index contributed by atoms with van der Waals surface area (Å²) in [6.07, 6.45) is 12.5. The molecule has 2 rings (SSSR count). The van der Waals surface area contributed by atoms with Crippen molar-refractivity contribution in [3.63, 3.8) is 0 Å². The van der Waals surface area contributed by atoms with Gasteiger partial charge < -0.3 is 9.84 Å². The Balaban J connectivity index is 1.76. The van der Waals surface area contributed by atoms with Crippen molar-refractivity contribution in [3.05, 3.63) is 65.2 Å². The minimum atomic E-state index is -1.13. The molecular weight excluding hydrogens is 376 g/mol. The fourth-order valence-corrected chi connectivity index (χ4v) is 3.51. The van der Waals surface area contributed by atoms with Crippen molar-refractivity contribution < 1.29 is 19.4 Å². The molecule has 0 aliphatic carbocycles. The molecule has 1 N–H and O–H groups in total. The lowest BCUT2D eigenvalue weighted by Crippen LogP contribution is -2.10. The largest absolute Gasteiger partial charge is 0.494 e. The first kappa shape index (κ1) is 23.7. The molecule has 0 heterocycles. The molecule has 0 fully saturated rings. The van der Waals surface area contributed by atoms with Crippen molar-refractivity contribution in [2.75, 3.05) is 6.61 Å². The Bertz CT molecular complexity index is 783. The zero-order chi connectivity index (χ0) is 21.6. The van der Waals surface area contributed by atoms with Crippen LogP contribution in [-0.2, 0) is 0 Å². The van der Waals surface area contributed by atoms with Crippen molar-refractivity contribution in [1.29, 1.82) is 0 Å². The van der Waals surface area contributed by atoms with E-state index in [-0.39, 0.29) is 16.9 Å². The van der Waals surface area contributed by atoms with Crippen LogP contribution in [0.1, 0.15) is 97.4 Å². The highest BCUT2D eigenvalue weighted by atomic mass is 16.5. The first-order valence-corrected chi connectivity index (χ1v) is 11.2. The number of aromatic carboxylic acids is 1. The number of carbonyl (C=O) groups is 2. The van der Waals surface area contributed by atoms with E-state index in [1.807, 2.05) is 6.07 Å². The zero-order valence-electron chi connectivity index (χ0n) is 18.1. The molecule has 0 aliphatic rings. The molecule has 2 aromatic rings. The molecule has 2 aromatic carbocycles. The number of carboxylic acids is 1. The van der Waals surface area contributed by atoms with Crippen LogP contribution in [0.4, 0.5) is 0 Å². The lowest BCUT2D eigenvalue weighted by Gasteiger charge is -2.10. The van der Waals surface area contributed by atoms with Crippen LogP contribution in [0, 0.1) is 0 Å². The summed E-state index contributed by atoms with van der Waals surface area (Å²) in [5, 5.41) is 9.54. The molecular formula is C26H34O4. The highest BCUT2D eigenvalue weighted by Gasteiger charge is 2.18. The third kappa shape index (κ3) is 8.02. The number of rotatable bonds is 15. The summed E-state index contributed by atoms with van der Waals surface area (Å²) in [4.78, 5) is 24.3. The average molecular weight is 411 g/mol. The van der Waals surface area contributed by atoms with Crippen molar-refractivity contribution in [3.8, 4) is 5.75 Å². The summed E-state index contributed by atoms with van der Waals surface area (Å²) in [5.74, 6) is -0.930. The molecule has 0 saturated heterocycles. The lowest BCUT2D eigenvalue weighted by atomic mass is 9.98. The maximum Gasteiger partial charge on any atom is 0.336 e. The predicted molar refractivity (Wildman–Crippen MR) is 121 cm³/mol. The zero-order valence-corrected chi connectivity index (χ0v) is 18.1. The number of hydrogen-bond acceptors (Lipinski definition) is 3. The van der Waals surface area contributed by atoms with Crippen LogP contribution in [0.2, 0.25) is 0 Å². The van der Waals surface area contributed by atoms with Gasteiger partial charge in [-0.1, -0.05) is 95.0 Å². The molecule has 0 aromatic heterocycles. The van der Waals surface area contributed by atoms with E-state index in [4.69, 9.17) is 4.74 Å². The summed E-state index contributed by atoms with van der Waals surface area (Å²) in [6, 6.07) is 13.4. The van der Waals surface area contributed by atoms with Gasteiger partial charge in [0.1, 0.15) is 5.75 Å². The second-order valence-electron chi connectivity index (χ2n) is 7.74. The normalized spacial score (nSPS) is 10.7. The summed E-state index contributed by atoms with van der Waals surface area (Å²) in [5.41, 5.74) is 0.628. The minimum absolute atomic E-state index is 0.0237. The smallest absolute Gasteiger partial charge is 0.336 e. The third-order valence-electron chi connectivity index (χ3n) is 5.27. The summed E-state index contributed by atoms with van der Waals surface area (Å²) in [6.45, 7) is 2.80. The number of ketones is 1. The fraction of sp³-hybridized carbons (Fsp3) is 0.462. The number of ether oxygens (including phenoxy) is 1. The molecule has 0 radical (unpaired) electrons. The van der Waals surface area contributed by atoms with Crippen LogP contribution in [0.5, 0.6) is 5.75 Å². The van der Waals surface area contributed by atoms with Gasteiger partial charge in [0, 0.05) is 11.1 Å². The highest BCUT2D eigenvalue weighted by Crippen LogP contribution is 2.21. The van der Waals surface area contributed by atoms with Crippen molar-refractivity contribution >= 4 is 11.8 Å². The SMILES string of the molecule is CCCCCCCCCCCCOc1ccc(C(=O)c2ccccc2)c(C(=O)O)c1. The summed E-state index contributed by atoms with van der Waals surface area (Å²) < 4.78 is 5.73. The topological polar surface area (TPSA) is 63.6 Å². The van der Waals surface area contributed by atoms with Gasteiger partial charge in [-0.3, -0.25) is 4.79 Å². The Kier molecular flexibility index (Phi) is 10.7. The maximum absolute atomic E-state index is 12.6. The Labute approximate surface area is 180 Å². The van der Waals surface area contributed by atoms with E-state index in [2.05, 4.69) is 6.92 Å². The number of carbonyl (C=O) groups excluding carboxylic acids is 1. The fourth-order valence-electron chi connectivity index (χ4n) is 3.51. The van der Waals surface area contributed by atoms with Crippen molar-refractivity contribution in [1.82, 2.24) is 0 Å². The molecule has 162 valence electrons. The molecule has 0 amide bonds. The third-order valence-corrected chi connectivity index (χ3v) is 5.27. The van der Waals surface area contributed by atoms with E-state index < -0.39 is 5.97 Å². The van der Waals surface area contributed by atoms with Gasteiger partial charge in [0.25, 0.3) is 0 Å². The van der Waals surface area contributed by atoms with Crippen LogP contribution in [0.3, 0.4) is 0 Å². The Morgan fingerprint density at radius 1 is 0.767 bits per heavy atom. The first-order chi connectivity index (χ1) is 14.6. The van der Waals surface area contributed by atoms with Gasteiger partial charge in [-0.15, -0.1) is 0 Å². The molecule has 0 aliphatic heterocycles. The van der Waals surface area contributed by atoms with Crippen molar-refractivity contribution in [2.45, 2.75) is 71.1 Å². The number of hydrogen-bond donors (Lipinski definition) is 1. The van der Waals surface area contributed by atoms with Gasteiger partial charge in [-0.25, -0.2) is 4.79 Å². The Hall–Kier alpha value is -2.62. The second-order valence-corrected chi connectivity index (χ2v) is 7.74. The Morgan fingerprint density at radius 2 is 1.37 bits per heavy atom. The van der Waals surface area contributed by atoms with Crippen LogP contribution in [0.15, 0.2) is 48.5 Å². The summed E-state index contributed by atoms with van der Waals surface area (Å²) in [7, 11) is 0. The molecule has 0 saturated carbocycles. The van der Waals surface area contributed by atoms with Crippen LogP contribution in [0.25, 0.3) is 0 Å². The molecule has 0 unspecified atom stereocenters. The second kappa shape index (κ2) is 13.6. The van der Waals surface area contributed by atoms with Gasteiger partial charge in [0.05, 0.1) is 12.2 Å². The number of benzene rings is 2. The number of unbranched alkanes of at least 4 members (excludes halogenated alkanes) is 9. The van der Waals surface area contributed by atoms with E-state index in [1.165, 1.54) is 57.4 Å². The summed E-state index contributed by atoms with van der Waals surface area (Å²) >= 11 is 0.